The fourth-order valence-corrected chi connectivity index (χ4v) is 2.59. The van der Waals surface area contributed by atoms with E-state index in [0.717, 1.165) is 32.4 Å². The molecule has 1 amide bonds. The molecule has 1 N–H and O–H groups in total. The fourth-order valence-electron chi connectivity index (χ4n) is 2.59. The van der Waals surface area contributed by atoms with E-state index in [1.807, 2.05) is 25.7 Å². The molecule has 4 heteroatoms. The molecule has 1 aliphatic carbocycles. The van der Waals surface area contributed by atoms with Gasteiger partial charge in [0.15, 0.2) is 0 Å². The maximum atomic E-state index is 12.2. The first-order valence-electron chi connectivity index (χ1n) is 9.10. The maximum absolute atomic E-state index is 12.2. The van der Waals surface area contributed by atoms with Crippen LogP contribution in [-0.4, -0.2) is 41.8 Å². The van der Waals surface area contributed by atoms with Gasteiger partial charge in [-0.1, -0.05) is 26.7 Å². The van der Waals surface area contributed by atoms with E-state index >= 15 is 0 Å². The number of carbonyl (C=O) groups is 1. The van der Waals surface area contributed by atoms with E-state index < -0.39 is 5.60 Å². The molecule has 1 atom stereocenters. The van der Waals surface area contributed by atoms with Gasteiger partial charge in [0.05, 0.1) is 0 Å². The molecule has 0 bridgehead atoms. The van der Waals surface area contributed by atoms with Crippen LogP contribution >= 0.6 is 0 Å². The molecule has 1 fully saturated rings. The van der Waals surface area contributed by atoms with Crippen molar-refractivity contribution in [1.29, 1.82) is 0 Å². The highest BCUT2D eigenvalue weighted by atomic mass is 16.6. The van der Waals surface area contributed by atoms with Gasteiger partial charge in [-0.25, -0.2) is 4.79 Å². The summed E-state index contributed by atoms with van der Waals surface area (Å²) >= 11 is 0. The first kappa shape index (κ1) is 19.3. The Labute approximate surface area is 137 Å². The van der Waals surface area contributed by atoms with E-state index in [4.69, 9.17) is 4.74 Å². The van der Waals surface area contributed by atoms with Crippen LogP contribution in [0.1, 0.15) is 79.6 Å². The number of hydrogen-bond acceptors (Lipinski definition) is 3. The monoisotopic (exact) mass is 312 g/mol. The Morgan fingerprint density at radius 1 is 1.27 bits per heavy atom. The second-order valence-electron chi connectivity index (χ2n) is 7.46. The van der Waals surface area contributed by atoms with Crippen molar-refractivity contribution in [2.75, 3.05) is 13.1 Å². The van der Waals surface area contributed by atoms with Crippen LogP contribution in [0.5, 0.6) is 0 Å². The van der Waals surface area contributed by atoms with Crippen molar-refractivity contribution in [3.05, 3.63) is 0 Å². The highest BCUT2D eigenvalue weighted by Crippen LogP contribution is 2.28. The SMILES string of the molecule is CCCCC(CC)NCCCN(C(=O)OC(C)(C)C)C1CC1. The first-order valence-corrected chi connectivity index (χ1v) is 9.10. The summed E-state index contributed by atoms with van der Waals surface area (Å²) < 4.78 is 5.52. The van der Waals surface area contributed by atoms with E-state index in [1.165, 1.54) is 25.7 Å². The lowest BCUT2D eigenvalue weighted by atomic mass is 10.1. The van der Waals surface area contributed by atoms with Crippen LogP contribution in [0.2, 0.25) is 0 Å². The van der Waals surface area contributed by atoms with Crippen molar-refractivity contribution in [3.63, 3.8) is 0 Å². The van der Waals surface area contributed by atoms with Gasteiger partial charge >= 0.3 is 6.09 Å². The lowest BCUT2D eigenvalue weighted by Gasteiger charge is -2.27. The second kappa shape index (κ2) is 9.39. The van der Waals surface area contributed by atoms with Crippen LogP contribution in [0.4, 0.5) is 4.79 Å². The van der Waals surface area contributed by atoms with Crippen molar-refractivity contribution in [2.45, 2.75) is 97.2 Å². The van der Waals surface area contributed by atoms with Crippen molar-refractivity contribution >= 4 is 6.09 Å². The summed E-state index contributed by atoms with van der Waals surface area (Å²) in [4.78, 5) is 14.2. The summed E-state index contributed by atoms with van der Waals surface area (Å²) in [5.74, 6) is 0. The van der Waals surface area contributed by atoms with Gasteiger partial charge in [0.25, 0.3) is 0 Å². The molecule has 1 saturated carbocycles. The predicted octanol–water partition coefficient (Wildman–Crippen LogP) is 4.33. The molecular formula is C18H36N2O2. The number of rotatable bonds is 10. The zero-order chi connectivity index (χ0) is 16.6. The minimum Gasteiger partial charge on any atom is -0.444 e. The molecule has 0 heterocycles. The average Bonchev–Trinajstić information content (AvgIpc) is 3.24. The topological polar surface area (TPSA) is 41.6 Å². The Hall–Kier alpha value is -0.770. The quantitative estimate of drug-likeness (QED) is 0.610. The highest BCUT2D eigenvalue weighted by Gasteiger charge is 2.34. The summed E-state index contributed by atoms with van der Waals surface area (Å²) in [6, 6.07) is 1.03. The average molecular weight is 312 g/mol. The Balaban J connectivity index is 2.28. The molecule has 0 radical (unpaired) electrons. The molecule has 0 aromatic carbocycles. The molecule has 130 valence electrons. The Morgan fingerprint density at radius 3 is 2.45 bits per heavy atom. The van der Waals surface area contributed by atoms with Gasteiger partial charge in [-0.05, 0) is 59.4 Å². The molecule has 0 saturated heterocycles. The Morgan fingerprint density at radius 2 is 1.95 bits per heavy atom. The molecule has 1 unspecified atom stereocenters. The lowest BCUT2D eigenvalue weighted by Crippen LogP contribution is -2.40. The molecule has 0 aromatic heterocycles. The summed E-state index contributed by atoms with van der Waals surface area (Å²) in [6.07, 6.45) is 8.08. The number of carbonyl (C=O) groups excluding carboxylic acids is 1. The summed E-state index contributed by atoms with van der Waals surface area (Å²) in [5, 5.41) is 3.63. The molecule has 0 aromatic rings. The molecule has 1 rings (SSSR count). The van der Waals surface area contributed by atoms with Gasteiger partial charge in [0, 0.05) is 18.6 Å². The summed E-state index contributed by atoms with van der Waals surface area (Å²) in [7, 11) is 0. The van der Waals surface area contributed by atoms with E-state index in [-0.39, 0.29) is 6.09 Å². The first-order chi connectivity index (χ1) is 10.4. The highest BCUT2D eigenvalue weighted by molar-refractivity contribution is 5.69. The van der Waals surface area contributed by atoms with Gasteiger partial charge in [-0.3, -0.25) is 0 Å². The van der Waals surface area contributed by atoms with Gasteiger partial charge in [0.1, 0.15) is 5.60 Å². The van der Waals surface area contributed by atoms with Crippen LogP contribution in [0.15, 0.2) is 0 Å². The fraction of sp³-hybridized carbons (Fsp3) is 0.944. The Kier molecular flexibility index (Phi) is 8.23. The van der Waals surface area contributed by atoms with Crippen LogP contribution in [0.3, 0.4) is 0 Å². The number of unbranched alkanes of at least 4 members (excludes halogenated alkanes) is 1. The van der Waals surface area contributed by atoms with Crippen LogP contribution in [0.25, 0.3) is 0 Å². The van der Waals surface area contributed by atoms with Crippen LogP contribution in [-0.2, 0) is 4.74 Å². The third-order valence-electron chi connectivity index (χ3n) is 4.02. The number of hydrogen-bond donors (Lipinski definition) is 1. The summed E-state index contributed by atoms with van der Waals surface area (Å²) in [6.45, 7) is 12.0. The maximum Gasteiger partial charge on any atom is 0.410 e. The molecule has 0 aliphatic heterocycles. The van der Waals surface area contributed by atoms with Crippen LogP contribution < -0.4 is 5.32 Å². The standard InChI is InChI=1S/C18H36N2O2/c1-6-8-10-15(7-2)19-13-9-14-20(16-11-12-16)17(21)22-18(3,4)5/h15-16,19H,6-14H2,1-5H3. The smallest absolute Gasteiger partial charge is 0.410 e. The lowest BCUT2D eigenvalue weighted by molar-refractivity contribution is 0.0231. The van der Waals surface area contributed by atoms with Crippen molar-refractivity contribution in [3.8, 4) is 0 Å². The third-order valence-corrected chi connectivity index (χ3v) is 4.02. The Bertz CT molecular complexity index is 322. The van der Waals surface area contributed by atoms with E-state index in [2.05, 4.69) is 19.2 Å². The molecular weight excluding hydrogens is 276 g/mol. The van der Waals surface area contributed by atoms with Gasteiger partial charge in [-0.2, -0.15) is 0 Å². The number of amides is 1. The van der Waals surface area contributed by atoms with E-state index in [9.17, 15) is 4.79 Å². The van der Waals surface area contributed by atoms with E-state index in [0.29, 0.717) is 12.1 Å². The van der Waals surface area contributed by atoms with Crippen LogP contribution in [0, 0.1) is 0 Å². The van der Waals surface area contributed by atoms with Gasteiger partial charge in [0.2, 0.25) is 0 Å². The van der Waals surface area contributed by atoms with Crippen molar-refractivity contribution in [2.24, 2.45) is 0 Å². The van der Waals surface area contributed by atoms with E-state index in [1.54, 1.807) is 0 Å². The largest absolute Gasteiger partial charge is 0.444 e. The predicted molar refractivity (Wildman–Crippen MR) is 92.2 cm³/mol. The zero-order valence-electron chi connectivity index (χ0n) is 15.3. The van der Waals surface area contributed by atoms with Crippen molar-refractivity contribution < 1.29 is 9.53 Å². The minimum absolute atomic E-state index is 0.145. The van der Waals surface area contributed by atoms with Gasteiger partial charge in [-0.15, -0.1) is 0 Å². The molecule has 0 spiro atoms. The zero-order valence-corrected chi connectivity index (χ0v) is 15.3. The van der Waals surface area contributed by atoms with Gasteiger partial charge < -0.3 is 15.0 Å². The summed E-state index contributed by atoms with van der Waals surface area (Å²) in [5.41, 5.74) is -0.407. The number of nitrogens with zero attached hydrogens (tertiary/aromatic N) is 1. The molecule has 22 heavy (non-hydrogen) atoms. The van der Waals surface area contributed by atoms with Crippen molar-refractivity contribution in [1.82, 2.24) is 10.2 Å². The normalized spacial score (nSPS) is 16.4. The molecule has 4 nitrogen and oxygen atoms in total. The minimum atomic E-state index is -0.407. The molecule has 1 aliphatic rings. The third kappa shape index (κ3) is 8.02. The number of ether oxygens (including phenoxy) is 1. The second-order valence-corrected chi connectivity index (χ2v) is 7.46. The number of nitrogens with one attached hydrogen (secondary N) is 1.